The third-order valence-corrected chi connectivity index (χ3v) is 8.62. The first-order valence-electron chi connectivity index (χ1n) is 9.06. The fourth-order valence-corrected chi connectivity index (χ4v) is 6.88. The molecule has 0 spiro atoms. The molecule has 6 atom stereocenters. The van der Waals surface area contributed by atoms with Gasteiger partial charge in [0.1, 0.15) is 0 Å². The Kier molecular flexibility index (Phi) is 3.27. The van der Waals surface area contributed by atoms with Crippen molar-refractivity contribution in [2.45, 2.75) is 64.9 Å². The molecule has 0 unspecified atom stereocenters. The molecule has 3 fully saturated rings. The SMILES string of the molecule is C[C@]12C=CC(=O)C(Cl)=C1CC[C@@H]1[C@@H]2CC[C@@]2(C)[C@H]1CC[C@@]2(C)O. The molecule has 0 aliphatic heterocycles. The summed E-state index contributed by atoms with van der Waals surface area (Å²) in [6.45, 7) is 6.63. The summed E-state index contributed by atoms with van der Waals surface area (Å²) in [5.74, 6) is 1.76. The van der Waals surface area contributed by atoms with Crippen molar-refractivity contribution in [3.05, 3.63) is 22.8 Å². The number of rotatable bonds is 0. The number of carbonyl (C=O) groups is 1. The minimum absolute atomic E-state index is 0.0259. The average Bonchev–Trinajstić information content (AvgIpc) is 2.74. The molecule has 4 aliphatic carbocycles. The summed E-state index contributed by atoms with van der Waals surface area (Å²) in [5, 5.41) is 11.4. The molecule has 0 bridgehead atoms. The normalized spacial score (nSPS) is 52.2. The number of aliphatic hydroxyl groups is 1. The van der Waals surface area contributed by atoms with E-state index in [0.29, 0.717) is 22.8 Å². The highest BCUT2D eigenvalue weighted by molar-refractivity contribution is 6.45. The lowest BCUT2D eigenvalue weighted by atomic mass is 9.47. The van der Waals surface area contributed by atoms with E-state index in [2.05, 4.69) is 19.9 Å². The smallest absolute Gasteiger partial charge is 0.196 e. The van der Waals surface area contributed by atoms with Crippen molar-refractivity contribution in [2.75, 3.05) is 0 Å². The van der Waals surface area contributed by atoms with E-state index in [9.17, 15) is 9.90 Å². The van der Waals surface area contributed by atoms with Crippen LogP contribution in [0.25, 0.3) is 0 Å². The zero-order chi connectivity index (χ0) is 16.6. The molecule has 0 saturated heterocycles. The molecule has 0 radical (unpaired) electrons. The second kappa shape index (κ2) is 4.73. The van der Waals surface area contributed by atoms with Crippen LogP contribution >= 0.6 is 11.6 Å². The molecule has 0 aromatic rings. The number of carbonyl (C=O) groups excluding carboxylic acids is 1. The third kappa shape index (κ3) is 1.88. The number of ketones is 1. The maximum absolute atomic E-state index is 12.0. The van der Waals surface area contributed by atoms with Crippen LogP contribution in [0.5, 0.6) is 0 Å². The van der Waals surface area contributed by atoms with Crippen LogP contribution in [0.4, 0.5) is 0 Å². The average molecular weight is 335 g/mol. The van der Waals surface area contributed by atoms with Crippen molar-refractivity contribution in [3.8, 4) is 0 Å². The van der Waals surface area contributed by atoms with Gasteiger partial charge in [-0.1, -0.05) is 31.5 Å². The lowest BCUT2D eigenvalue weighted by molar-refractivity contribution is -0.114. The van der Waals surface area contributed by atoms with E-state index in [0.717, 1.165) is 38.5 Å². The highest BCUT2D eigenvalue weighted by atomic mass is 35.5. The number of hydrogen-bond acceptors (Lipinski definition) is 2. The van der Waals surface area contributed by atoms with Crippen LogP contribution in [0.1, 0.15) is 59.3 Å². The van der Waals surface area contributed by atoms with Crippen LogP contribution in [-0.2, 0) is 4.79 Å². The molecule has 23 heavy (non-hydrogen) atoms. The van der Waals surface area contributed by atoms with Gasteiger partial charge in [0.2, 0.25) is 0 Å². The predicted octanol–water partition coefficient (Wildman–Crippen LogP) is 4.61. The molecule has 1 N–H and O–H groups in total. The van der Waals surface area contributed by atoms with Gasteiger partial charge in [-0.05, 0) is 80.3 Å². The Morgan fingerprint density at radius 1 is 1.13 bits per heavy atom. The van der Waals surface area contributed by atoms with Crippen molar-refractivity contribution >= 4 is 17.4 Å². The van der Waals surface area contributed by atoms with Crippen molar-refractivity contribution in [1.82, 2.24) is 0 Å². The molecule has 0 heterocycles. The molecular formula is C20H27ClO2. The Hall–Kier alpha value is -0.600. The van der Waals surface area contributed by atoms with E-state index in [1.165, 1.54) is 5.57 Å². The monoisotopic (exact) mass is 334 g/mol. The summed E-state index contributed by atoms with van der Waals surface area (Å²) in [6, 6.07) is 0. The largest absolute Gasteiger partial charge is 0.390 e. The van der Waals surface area contributed by atoms with Crippen LogP contribution in [-0.4, -0.2) is 16.5 Å². The first kappa shape index (κ1) is 15.9. The van der Waals surface area contributed by atoms with Crippen LogP contribution in [0, 0.1) is 28.6 Å². The van der Waals surface area contributed by atoms with Gasteiger partial charge in [0, 0.05) is 5.41 Å². The van der Waals surface area contributed by atoms with Crippen LogP contribution in [0.3, 0.4) is 0 Å². The molecule has 2 nitrogen and oxygen atoms in total. The molecule has 0 aromatic carbocycles. The van der Waals surface area contributed by atoms with Gasteiger partial charge in [-0.3, -0.25) is 4.79 Å². The van der Waals surface area contributed by atoms with Crippen molar-refractivity contribution in [2.24, 2.45) is 28.6 Å². The van der Waals surface area contributed by atoms with Crippen LogP contribution in [0.15, 0.2) is 22.8 Å². The number of fused-ring (bicyclic) bond motifs is 5. The van der Waals surface area contributed by atoms with Crippen LogP contribution in [0.2, 0.25) is 0 Å². The van der Waals surface area contributed by atoms with Crippen molar-refractivity contribution < 1.29 is 9.90 Å². The Morgan fingerprint density at radius 2 is 1.83 bits per heavy atom. The second-order valence-electron chi connectivity index (χ2n) is 8.96. The van der Waals surface area contributed by atoms with E-state index in [4.69, 9.17) is 11.6 Å². The van der Waals surface area contributed by atoms with Crippen molar-refractivity contribution in [1.29, 1.82) is 0 Å². The Bertz CT molecular complexity index is 632. The highest BCUT2D eigenvalue weighted by Gasteiger charge is 2.62. The maximum atomic E-state index is 12.0. The summed E-state index contributed by atoms with van der Waals surface area (Å²) in [5.41, 5.74) is 0.615. The van der Waals surface area contributed by atoms with Gasteiger partial charge in [-0.2, -0.15) is 0 Å². The standard InChI is InChI=1S/C20H27ClO2/c1-18-9-8-16(22)17(21)15(18)5-4-12-13(18)6-10-19(2)14(12)7-11-20(19,3)23/h8-9,12-14,23H,4-7,10-11H2,1-3H3/t12-,13+,14+,18-,19+,20-/m1/s1. The molecule has 3 heteroatoms. The van der Waals surface area contributed by atoms with E-state index >= 15 is 0 Å². The van der Waals surface area contributed by atoms with E-state index in [1.54, 1.807) is 6.08 Å². The minimum atomic E-state index is -0.532. The lowest BCUT2D eigenvalue weighted by Gasteiger charge is -2.58. The summed E-state index contributed by atoms with van der Waals surface area (Å²) in [7, 11) is 0. The highest BCUT2D eigenvalue weighted by Crippen LogP contribution is 2.67. The van der Waals surface area contributed by atoms with Gasteiger partial charge in [-0.25, -0.2) is 0 Å². The van der Waals surface area contributed by atoms with Gasteiger partial charge in [0.15, 0.2) is 5.78 Å². The van der Waals surface area contributed by atoms with Gasteiger partial charge in [0.05, 0.1) is 10.6 Å². The molecular weight excluding hydrogens is 308 g/mol. The molecule has 3 saturated carbocycles. The fraction of sp³-hybridized carbons (Fsp3) is 0.750. The number of hydrogen-bond donors (Lipinski definition) is 1. The Labute approximate surface area is 144 Å². The van der Waals surface area contributed by atoms with E-state index in [1.807, 2.05) is 6.92 Å². The fourth-order valence-electron chi connectivity index (χ4n) is 6.52. The van der Waals surface area contributed by atoms with Gasteiger partial charge in [0.25, 0.3) is 0 Å². The quantitative estimate of drug-likeness (QED) is 0.702. The lowest BCUT2D eigenvalue weighted by Crippen LogP contribution is -2.53. The summed E-state index contributed by atoms with van der Waals surface area (Å²) in [4.78, 5) is 12.0. The van der Waals surface area contributed by atoms with Gasteiger partial charge < -0.3 is 5.11 Å². The van der Waals surface area contributed by atoms with E-state index < -0.39 is 5.60 Å². The topological polar surface area (TPSA) is 37.3 Å². The molecule has 4 aliphatic rings. The third-order valence-electron chi connectivity index (χ3n) is 8.21. The summed E-state index contributed by atoms with van der Waals surface area (Å²) in [6.07, 6.45) is 10.1. The van der Waals surface area contributed by atoms with E-state index in [-0.39, 0.29) is 16.6 Å². The molecule has 126 valence electrons. The first-order chi connectivity index (χ1) is 10.7. The first-order valence-corrected chi connectivity index (χ1v) is 9.43. The predicted molar refractivity (Wildman–Crippen MR) is 92.0 cm³/mol. The summed E-state index contributed by atoms with van der Waals surface area (Å²) < 4.78 is 0. The maximum Gasteiger partial charge on any atom is 0.196 e. The zero-order valence-electron chi connectivity index (χ0n) is 14.4. The zero-order valence-corrected chi connectivity index (χ0v) is 15.1. The summed E-state index contributed by atoms with van der Waals surface area (Å²) >= 11 is 6.38. The number of allylic oxidation sites excluding steroid dienone is 4. The minimum Gasteiger partial charge on any atom is -0.390 e. The van der Waals surface area contributed by atoms with Crippen LogP contribution < -0.4 is 0 Å². The van der Waals surface area contributed by atoms with Gasteiger partial charge in [-0.15, -0.1) is 0 Å². The van der Waals surface area contributed by atoms with Crippen molar-refractivity contribution in [3.63, 3.8) is 0 Å². The Morgan fingerprint density at radius 3 is 2.57 bits per heavy atom. The molecule has 0 aromatic heterocycles. The Balaban J connectivity index is 1.74. The molecule has 4 rings (SSSR count). The second-order valence-corrected chi connectivity index (χ2v) is 9.33. The number of halogens is 1. The van der Waals surface area contributed by atoms with Gasteiger partial charge >= 0.3 is 0 Å². The molecule has 0 amide bonds.